The predicted molar refractivity (Wildman–Crippen MR) is 131 cm³/mol. The van der Waals surface area contributed by atoms with Crippen LogP contribution in [0.2, 0.25) is 0 Å². The summed E-state index contributed by atoms with van der Waals surface area (Å²) in [6.07, 6.45) is 1.92. The number of sulfonamides is 1. The molecule has 3 aromatic rings. The quantitative estimate of drug-likeness (QED) is 0.333. The fraction of sp³-hybridized carbons (Fsp3) is 0.280. The van der Waals surface area contributed by atoms with E-state index >= 15 is 0 Å². The van der Waals surface area contributed by atoms with Crippen LogP contribution < -0.4 is 16.0 Å². The van der Waals surface area contributed by atoms with Crippen LogP contribution in [-0.4, -0.2) is 18.8 Å². The van der Waals surface area contributed by atoms with Gasteiger partial charge in [0.1, 0.15) is 11.5 Å². The summed E-state index contributed by atoms with van der Waals surface area (Å²) in [5.74, 6) is 0.705. The average Bonchev–Trinajstić information content (AvgIpc) is 3.51. The monoisotopic (exact) mass is 464 g/mol. The molecule has 8 heteroatoms. The average molecular weight is 465 g/mol. The van der Waals surface area contributed by atoms with Gasteiger partial charge in [-0.1, -0.05) is 54.6 Å². The first kappa shape index (κ1) is 22.8. The Kier molecular flexibility index (Phi) is 6.37. The number of aryl methyl sites for hydroxylation is 1. The Morgan fingerprint density at radius 2 is 1.73 bits per heavy atom. The first-order valence-corrected chi connectivity index (χ1v) is 12.6. The second kappa shape index (κ2) is 9.23. The van der Waals surface area contributed by atoms with Gasteiger partial charge in [-0.05, 0) is 54.9 Å². The fourth-order valence-electron chi connectivity index (χ4n) is 4.11. The summed E-state index contributed by atoms with van der Waals surface area (Å²) < 4.78 is 29.3. The topological polar surface area (TPSA) is 118 Å². The zero-order chi connectivity index (χ0) is 23.6. The van der Waals surface area contributed by atoms with E-state index in [0.29, 0.717) is 29.5 Å². The van der Waals surface area contributed by atoms with Gasteiger partial charge in [0.25, 0.3) is 5.56 Å². The van der Waals surface area contributed by atoms with Crippen LogP contribution in [0.15, 0.2) is 71.5 Å². The summed E-state index contributed by atoms with van der Waals surface area (Å²) in [6, 6.07) is 19.9. The van der Waals surface area contributed by atoms with E-state index in [1.165, 1.54) is 11.6 Å². The molecular formula is C25H28N4O3S. The van der Waals surface area contributed by atoms with Gasteiger partial charge in [-0.2, -0.15) is 0 Å². The van der Waals surface area contributed by atoms with Gasteiger partial charge < -0.3 is 10.3 Å². The maximum atomic E-state index is 13.1. The number of nitrogens with zero attached hydrogens (tertiary/aromatic N) is 1. The number of aromatic nitrogens is 1. The van der Waals surface area contributed by atoms with Gasteiger partial charge in [-0.3, -0.25) is 14.9 Å². The van der Waals surface area contributed by atoms with E-state index in [1.807, 2.05) is 37.3 Å². The molecule has 1 aliphatic rings. The first-order valence-electron chi connectivity index (χ1n) is 10.9. The molecule has 0 spiro atoms. The summed E-state index contributed by atoms with van der Waals surface area (Å²) in [7, 11) is -3.70. The molecule has 0 aliphatic heterocycles. The fourth-order valence-corrected chi connectivity index (χ4v) is 5.31. The smallest absolute Gasteiger partial charge is 0.275 e. The number of rotatable bonds is 9. The molecule has 0 amide bonds. The zero-order valence-corrected chi connectivity index (χ0v) is 19.3. The summed E-state index contributed by atoms with van der Waals surface area (Å²) in [5.41, 5.74) is 8.63. The molecule has 7 nitrogen and oxygen atoms in total. The van der Waals surface area contributed by atoms with Crippen molar-refractivity contribution in [3.8, 4) is 0 Å². The molecule has 33 heavy (non-hydrogen) atoms. The molecule has 0 unspecified atom stereocenters. The molecule has 1 aromatic heterocycles. The lowest BCUT2D eigenvalue weighted by Crippen LogP contribution is -2.28. The molecule has 0 bridgehead atoms. The third-order valence-corrected chi connectivity index (χ3v) is 7.35. The Labute approximate surface area is 193 Å². The highest BCUT2D eigenvalue weighted by atomic mass is 32.2. The third-order valence-electron chi connectivity index (χ3n) is 6.11. The number of nitrogen functional groups attached to an aromatic ring is 1. The summed E-state index contributed by atoms with van der Waals surface area (Å²) in [6.45, 7) is 2.43. The molecule has 2 atom stereocenters. The summed E-state index contributed by atoms with van der Waals surface area (Å²) in [4.78, 5) is 13.1. The van der Waals surface area contributed by atoms with Crippen LogP contribution >= 0.6 is 0 Å². The number of nitrogens with one attached hydrogen (secondary N) is 2. The van der Waals surface area contributed by atoms with Crippen LogP contribution in [-0.2, 0) is 28.7 Å². The van der Waals surface area contributed by atoms with Crippen molar-refractivity contribution in [3.05, 3.63) is 99.5 Å². The number of pyridine rings is 1. The van der Waals surface area contributed by atoms with Crippen molar-refractivity contribution in [2.24, 2.45) is 17.6 Å². The largest absolute Gasteiger partial charge is 0.384 e. The Morgan fingerprint density at radius 3 is 2.39 bits per heavy atom. The van der Waals surface area contributed by atoms with Crippen LogP contribution in [0.3, 0.4) is 0 Å². The van der Waals surface area contributed by atoms with Crippen molar-refractivity contribution in [2.75, 3.05) is 4.72 Å². The van der Waals surface area contributed by atoms with Gasteiger partial charge >= 0.3 is 0 Å². The molecule has 0 saturated heterocycles. The van der Waals surface area contributed by atoms with Crippen molar-refractivity contribution in [1.82, 2.24) is 4.57 Å². The van der Waals surface area contributed by atoms with Gasteiger partial charge in [0.15, 0.2) is 0 Å². The Bertz CT molecular complexity index is 1320. The van der Waals surface area contributed by atoms with E-state index in [0.717, 1.165) is 18.5 Å². The first-order chi connectivity index (χ1) is 15.7. The maximum absolute atomic E-state index is 13.1. The van der Waals surface area contributed by atoms with Crippen molar-refractivity contribution in [1.29, 1.82) is 5.41 Å². The molecule has 4 rings (SSSR count). The van der Waals surface area contributed by atoms with Crippen LogP contribution in [0.4, 0.5) is 5.69 Å². The number of amidine groups is 1. The lowest BCUT2D eigenvalue weighted by atomic mass is 10.1. The van der Waals surface area contributed by atoms with Crippen LogP contribution in [0.5, 0.6) is 0 Å². The molecule has 172 valence electrons. The van der Waals surface area contributed by atoms with E-state index in [9.17, 15) is 13.2 Å². The molecule has 1 fully saturated rings. The molecule has 4 N–H and O–H groups in total. The van der Waals surface area contributed by atoms with Crippen molar-refractivity contribution >= 4 is 21.5 Å². The van der Waals surface area contributed by atoms with E-state index in [2.05, 4.69) is 4.72 Å². The normalized spacial score (nSPS) is 17.5. The van der Waals surface area contributed by atoms with Crippen molar-refractivity contribution < 1.29 is 8.42 Å². The number of anilines is 1. The van der Waals surface area contributed by atoms with Gasteiger partial charge in [0.2, 0.25) is 10.0 Å². The molecule has 1 aliphatic carbocycles. The Hall–Kier alpha value is -3.39. The van der Waals surface area contributed by atoms with Crippen LogP contribution in [0.25, 0.3) is 0 Å². The molecular weight excluding hydrogens is 436 g/mol. The Morgan fingerprint density at radius 1 is 1.03 bits per heavy atom. The Balaban J connectivity index is 1.42. The van der Waals surface area contributed by atoms with E-state index in [4.69, 9.17) is 11.1 Å². The highest BCUT2D eigenvalue weighted by Gasteiger charge is 2.37. The summed E-state index contributed by atoms with van der Waals surface area (Å²) >= 11 is 0. The lowest BCUT2D eigenvalue weighted by molar-refractivity contribution is 0.552. The third kappa shape index (κ3) is 5.70. The zero-order valence-electron chi connectivity index (χ0n) is 18.5. The molecule has 0 radical (unpaired) electrons. The van der Waals surface area contributed by atoms with Gasteiger partial charge in [-0.25, -0.2) is 8.42 Å². The predicted octanol–water partition coefficient (Wildman–Crippen LogP) is 3.26. The minimum absolute atomic E-state index is 0.0555. The van der Waals surface area contributed by atoms with E-state index in [1.54, 1.807) is 34.9 Å². The standard InChI is InChI=1S/C25H28N4O3S/c1-17-7-12-23(28-33(31,32)16-19-5-3-2-4-6-19)25(30)29(17)15-22-14-21(22)13-18-8-10-20(11-9-18)24(26)27/h2-12,21-22,28H,13-16H2,1H3,(H3,26,27)/t21-,22+/m0/s1. The summed E-state index contributed by atoms with van der Waals surface area (Å²) in [5, 5.41) is 7.49. The number of benzene rings is 2. The number of hydrogen-bond donors (Lipinski definition) is 3. The van der Waals surface area contributed by atoms with Crippen LogP contribution in [0.1, 0.15) is 28.8 Å². The lowest BCUT2D eigenvalue weighted by Gasteiger charge is -2.14. The highest BCUT2D eigenvalue weighted by molar-refractivity contribution is 7.91. The van der Waals surface area contributed by atoms with Crippen LogP contribution in [0, 0.1) is 24.2 Å². The van der Waals surface area contributed by atoms with E-state index in [-0.39, 0.29) is 22.8 Å². The van der Waals surface area contributed by atoms with Gasteiger partial charge in [0, 0.05) is 17.8 Å². The number of nitrogens with two attached hydrogens (primary N) is 1. The minimum Gasteiger partial charge on any atom is -0.384 e. The van der Waals surface area contributed by atoms with Crippen molar-refractivity contribution in [3.63, 3.8) is 0 Å². The SMILES string of the molecule is Cc1ccc(NS(=O)(=O)Cc2ccccc2)c(=O)n1C[C@H]1C[C@@H]1Cc1ccc(C(=N)N)cc1. The second-order valence-electron chi connectivity index (χ2n) is 8.72. The maximum Gasteiger partial charge on any atom is 0.275 e. The molecule has 1 heterocycles. The number of hydrogen-bond acceptors (Lipinski definition) is 4. The van der Waals surface area contributed by atoms with Crippen molar-refractivity contribution in [2.45, 2.75) is 32.1 Å². The molecule has 2 aromatic carbocycles. The van der Waals surface area contributed by atoms with E-state index < -0.39 is 10.0 Å². The second-order valence-corrected chi connectivity index (χ2v) is 10.4. The minimum atomic E-state index is -3.70. The van der Waals surface area contributed by atoms with Gasteiger partial charge in [0.05, 0.1) is 5.75 Å². The highest BCUT2D eigenvalue weighted by Crippen LogP contribution is 2.42. The van der Waals surface area contributed by atoms with Gasteiger partial charge in [-0.15, -0.1) is 0 Å². The molecule has 1 saturated carbocycles.